The zero-order chi connectivity index (χ0) is 19.7. The van der Waals surface area contributed by atoms with Crippen molar-refractivity contribution in [3.05, 3.63) is 0 Å². The number of phosphoric acid groups is 1. The lowest BCUT2D eigenvalue weighted by Crippen LogP contribution is -2.14. The first-order valence-corrected chi connectivity index (χ1v) is 12.2. The summed E-state index contributed by atoms with van der Waals surface area (Å²) < 4.78 is 30.0. The smallest absolute Gasteiger partial charge is 0.396 e. The van der Waals surface area contributed by atoms with Gasteiger partial charge in [0.15, 0.2) is 0 Å². The van der Waals surface area contributed by atoms with Gasteiger partial charge in [-0.1, -0.05) is 66.2 Å². The highest BCUT2D eigenvalue weighted by molar-refractivity contribution is 7.48. The van der Waals surface area contributed by atoms with E-state index in [1.807, 2.05) is 0 Å². The Morgan fingerprint density at radius 3 is 1.65 bits per heavy atom. The molecule has 0 heterocycles. The SMILES string of the molecule is CCCCC(CC)COP(=O)(OCCCCO)OCC(CC)CCCC. The summed E-state index contributed by atoms with van der Waals surface area (Å²) in [5, 5.41) is 8.89. The van der Waals surface area contributed by atoms with Crippen LogP contribution in [0.1, 0.15) is 91.9 Å². The van der Waals surface area contributed by atoms with Crippen LogP contribution in [-0.4, -0.2) is 31.5 Å². The number of unbranched alkanes of at least 4 members (excludes halogenated alkanes) is 3. The molecule has 0 aliphatic carbocycles. The number of hydrogen-bond donors (Lipinski definition) is 1. The van der Waals surface area contributed by atoms with E-state index in [0.29, 0.717) is 37.9 Å². The molecule has 5 nitrogen and oxygen atoms in total. The fourth-order valence-corrected chi connectivity index (χ4v) is 4.05. The Morgan fingerprint density at radius 2 is 1.27 bits per heavy atom. The van der Waals surface area contributed by atoms with Crippen molar-refractivity contribution in [2.75, 3.05) is 26.4 Å². The van der Waals surface area contributed by atoms with Crippen molar-refractivity contribution >= 4 is 7.82 Å². The van der Waals surface area contributed by atoms with E-state index in [4.69, 9.17) is 18.7 Å². The number of phosphoric ester groups is 1. The van der Waals surface area contributed by atoms with E-state index < -0.39 is 7.82 Å². The highest BCUT2D eigenvalue weighted by atomic mass is 31.2. The first-order chi connectivity index (χ1) is 12.5. The van der Waals surface area contributed by atoms with Crippen molar-refractivity contribution < 1.29 is 23.2 Å². The second-order valence-electron chi connectivity index (χ2n) is 7.14. The average Bonchev–Trinajstić information content (AvgIpc) is 2.66. The first-order valence-electron chi connectivity index (χ1n) is 10.7. The minimum Gasteiger partial charge on any atom is -0.396 e. The van der Waals surface area contributed by atoms with Gasteiger partial charge in [-0.05, 0) is 37.5 Å². The van der Waals surface area contributed by atoms with Crippen LogP contribution >= 0.6 is 7.82 Å². The van der Waals surface area contributed by atoms with Crippen LogP contribution in [0.2, 0.25) is 0 Å². The fourth-order valence-electron chi connectivity index (χ4n) is 2.69. The van der Waals surface area contributed by atoms with Crippen molar-refractivity contribution in [1.29, 1.82) is 0 Å². The summed E-state index contributed by atoms with van der Waals surface area (Å²) in [6, 6.07) is 0. The Hall–Kier alpha value is 0.0700. The second kappa shape index (κ2) is 17.2. The normalized spacial score (nSPS) is 16.3. The highest BCUT2D eigenvalue weighted by Crippen LogP contribution is 2.50. The molecule has 1 N–H and O–H groups in total. The van der Waals surface area contributed by atoms with E-state index in [9.17, 15) is 4.57 Å². The summed E-state index contributed by atoms with van der Waals surface area (Å²) in [5.74, 6) is 0.768. The van der Waals surface area contributed by atoms with Gasteiger partial charge in [-0.3, -0.25) is 13.6 Å². The van der Waals surface area contributed by atoms with Crippen LogP contribution in [0.25, 0.3) is 0 Å². The van der Waals surface area contributed by atoms with Gasteiger partial charge < -0.3 is 5.11 Å². The van der Waals surface area contributed by atoms with Crippen molar-refractivity contribution in [1.82, 2.24) is 0 Å². The minimum atomic E-state index is -3.54. The molecule has 2 unspecified atom stereocenters. The van der Waals surface area contributed by atoms with Crippen LogP contribution in [-0.2, 0) is 18.1 Å². The fraction of sp³-hybridized carbons (Fsp3) is 1.00. The van der Waals surface area contributed by atoms with Gasteiger partial charge in [-0.25, -0.2) is 4.57 Å². The Morgan fingerprint density at radius 1 is 0.769 bits per heavy atom. The zero-order valence-corrected chi connectivity index (χ0v) is 18.5. The lowest BCUT2D eigenvalue weighted by Gasteiger charge is -2.23. The number of aliphatic hydroxyl groups excluding tert-OH is 1. The first kappa shape index (κ1) is 26.1. The van der Waals surface area contributed by atoms with Crippen LogP contribution < -0.4 is 0 Å². The van der Waals surface area contributed by atoms with Gasteiger partial charge in [0.1, 0.15) is 0 Å². The van der Waals surface area contributed by atoms with Crippen LogP contribution in [0.3, 0.4) is 0 Å². The van der Waals surface area contributed by atoms with Gasteiger partial charge in [0.25, 0.3) is 0 Å². The minimum absolute atomic E-state index is 0.110. The van der Waals surface area contributed by atoms with Gasteiger partial charge in [-0.2, -0.15) is 0 Å². The molecule has 0 aliphatic rings. The Bertz CT molecular complexity index is 327. The number of aliphatic hydroxyl groups is 1. The van der Waals surface area contributed by atoms with E-state index in [1.54, 1.807) is 0 Å². The summed E-state index contributed by atoms with van der Waals surface area (Å²) in [5.41, 5.74) is 0. The largest absolute Gasteiger partial charge is 0.474 e. The molecule has 2 atom stereocenters. The maximum absolute atomic E-state index is 13.0. The molecule has 0 rings (SSSR count). The third-order valence-corrected chi connectivity index (χ3v) is 6.25. The standard InChI is InChI=1S/C20H43O5P/c1-5-9-13-19(7-3)17-24-26(22,23-16-12-11-15-21)25-18-20(8-4)14-10-6-2/h19-21H,5-18H2,1-4H3. The monoisotopic (exact) mass is 394 g/mol. The van der Waals surface area contributed by atoms with Crippen molar-refractivity contribution in [3.8, 4) is 0 Å². The summed E-state index contributed by atoms with van der Waals surface area (Å²) in [4.78, 5) is 0. The number of rotatable bonds is 19. The van der Waals surface area contributed by atoms with Gasteiger partial charge in [-0.15, -0.1) is 0 Å². The third kappa shape index (κ3) is 13.3. The topological polar surface area (TPSA) is 65.0 Å². The van der Waals surface area contributed by atoms with Crippen LogP contribution in [0, 0.1) is 11.8 Å². The quantitative estimate of drug-likeness (QED) is 0.204. The van der Waals surface area contributed by atoms with Gasteiger partial charge in [0.05, 0.1) is 19.8 Å². The Balaban J connectivity index is 4.63. The van der Waals surface area contributed by atoms with Gasteiger partial charge in [0.2, 0.25) is 0 Å². The molecule has 6 heteroatoms. The summed E-state index contributed by atoms with van der Waals surface area (Å²) in [7, 11) is -3.54. The maximum Gasteiger partial charge on any atom is 0.474 e. The van der Waals surface area contributed by atoms with E-state index in [2.05, 4.69) is 27.7 Å². The summed E-state index contributed by atoms with van der Waals surface area (Å²) in [6.07, 6.45) is 10.0. The Kier molecular flexibility index (Phi) is 17.2. The molecule has 0 fully saturated rings. The molecule has 0 amide bonds. The number of hydrogen-bond acceptors (Lipinski definition) is 5. The summed E-state index contributed by atoms with van der Waals surface area (Å²) in [6.45, 7) is 9.85. The Labute approximate surface area is 161 Å². The molecular weight excluding hydrogens is 351 g/mol. The zero-order valence-electron chi connectivity index (χ0n) is 17.6. The van der Waals surface area contributed by atoms with Crippen LogP contribution in [0.5, 0.6) is 0 Å². The molecule has 0 saturated heterocycles. The van der Waals surface area contributed by atoms with E-state index in [1.165, 1.54) is 0 Å². The van der Waals surface area contributed by atoms with Crippen molar-refractivity contribution in [2.24, 2.45) is 11.8 Å². The molecule has 0 bridgehead atoms. The molecule has 0 aromatic heterocycles. The maximum atomic E-state index is 13.0. The molecule has 0 aromatic rings. The van der Waals surface area contributed by atoms with Crippen LogP contribution in [0.15, 0.2) is 0 Å². The molecule has 0 spiro atoms. The van der Waals surface area contributed by atoms with Crippen molar-refractivity contribution in [3.63, 3.8) is 0 Å². The molecule has 26 heavy (non-hydrogen) atoms. The predicted molar refractivity (Wildman–Crippen MR) is 108 cm³/mol. The third-order valence-electron chi connectivity index (χ3n) is 4.83. The molecule has 0 saturated carbocycles. The van der Waals surface area contributed by atoms with E-state index in [-0.39, 0.29) is 13.2 Å². The predicted octanol–water partition coefficient (Wildman–Crippen LogP) is 6.35. The lowest BCUT2D eigenvalue weighted by molar-refractivity contribution is 0.0823. The van der Waals surface area contributed by atoms with E-state index >= 15 is 0 Å². The van der Waals surface area contributed by atoms with E-state index in [0.717, 1.165) is 51.4 Å². The molecule has 0 aromatic carbocycles. The molecule has 0 aliphatic heterocycles. The summed E-state index contributed by atoms with van der Waals surface area (Å²) >= 11 is 0. The molecule has 0 radical (unpaired) electrons. The highest BCUT2D eigenvalue weighted by Gasteiger charge is 2.29. The van der Waals surface area contributed by atoms with Crippen LogP contribution in [0.4, 0.5) is 0 Å². The van der Waals surface area contributed by atoms with Gasteiger partial charge >= 0.3 is 7.82 Å². The molecular formula is C20H43O5P. The van der Waals surface area contributed by atoms with Crippen molar-refractivity contribution in [2.45, 2.75) is 91.9 Å². The molecule has 158 valence electrons. The second-order valence-corrected chi connectivity index (χ2v) is 8.80. The lowest BCUT2D eigenvalue weighted by atomic mass is 10.0. The average molecular weight is 395 g/mol. The van der Waals surface area contributed by atoms with Gasteiger partial charge in [0, 0.05) is 6.61 Å².